The molecule has 0 bridgehead atoms. The molecule has 1 unspecified atom stereocenters. The average Bonchev–Trinajstić information content (AvgIpc) is 2.25. The lowest BCUT2D eigenvalue weighted by Gasteiger charge is -2.16. The van der Waals surface area contributed by atoms with E-state index in [4.69, 9.17) is 0 Å². The number of halogens is 3. The predicted octanol–water partition coefficient (Wildman–Crippen LogP) is 2.35. The maximum absolute atomic E-state index is 12.1. The number of alkyl halides is 3. The Morgan fingerprint density at radius 2 is 1.74 bits per heavy atom. The van der Waals surface area contributed by atoms with E-state index in [9.17, 15) is 21.6 Å². The van der Waals surface area contributed by atoms with Crippen LogP contribution in [0.3, 0.4) is 0 Å². The molecule has 8 heteroatoms. The molecule has 0 saturated carbocycles. The van der Waals surface area contributed by atoms with Crippen molar-refractivity contribution in [2.45, 2.75) is 30.5 Å². The van der Waals surface area contributed by atoms with Crippen molar-refractivity contribution in [1.29, 1.82) is 0 Å². The molecule has 0 aliphatic rings. The van der Waals surface area contributed by atoms with Gasteiger partial charge in [0.15, 0.2) is 0 Å². The van der Waals surface area contributed by atoms with E-state index in [1.165, 1.54) is 31.2 Å². The van der Waals surface area contributed by atoms with Crippen LogP contribution in [0.25, 0.3) is 0 Å². The Labute approximate surface area is 110 Å². The molecule has 1 aromatic carbocycles. The number of nitrogens with one attached hydrogen (secondary N) is 2. The molecule has 1 aromatic rings. The van der Waals surface area contributed by atoms with Crippen molar-refractivity contribution >= 4 is 15.7 Å². The van der Waals surface area contributed by atoms with Crippen molar-refractivity contribution < 1.29 is 21.6 Å². The second kappa shape index (κ2) is 5.79. The van der Waals surface area contributed by atoms with E-state index in [1.54, 1.807) is 7.05 Å². The van der Waals surface area contributed by atoms with Crippen LogP contribution in [0.4, 0.5) is 18.9 Å². The molecular formula is C11H15F3N2O2S. The van der Waals surface area contributed by atoms with Gasteiger partial charge in [-0.05, 0) is 31.2 Å². The molecule has 0 saturated heterocycles. The second-order valence-electron chi connectivity index (χ2n) is 4.12. The van der Waals surface area contributed by atoms with Crippen molar-refractivity contribution in [3.8, 4) is 0 Å². The molecule has 108 valence electrons. The molecule has 0 heterocycles. The molecule has 0 spiro atoms. The van der Waals surface area contributed by atoms with Crippen LogP contribution in [0.15, 0.2) is 29.2 Å². The van der Waals surface area contributed by atoms with E-state index in [1.807, 2.05) is 4.72 Å². The van der Waals surface area contributed by atoms with Crippen molar-refractivity contribution in [3.63, 3.8) is 0 Å². The van der Waals surface area contributed by atoms with Crippen LogP contribution >= 0.6 is 0 Å². The molecule has 4 nitrogen and oxygen atoms in total. The summed E-state index contributed by atoms with van der Waals surface area (Å²) in [6.45, 7) is 1.17. The lowest BCUT2D eigenvalue weighted by Crippen LogP contribution is -2.35. The summed E-state index contributed by atoms with van der Waals surface area (Å²) in [6, 6.07) is 4.50. The average molecular weight is 296 g/mol. The molecule has 0 aliphatic heterocycles. The van der Waals surface area contributed by atoms with Gasteiger partial charge in [-0.25, -0.2) is 13.1 Å². The molecule has 19 heavy (non-hydrogen) atoms. The van der Waals surface area contributed by atoms with Crippen LogP contribution in [0, 0.1) is 0 Å². The number of hydrogen-bond acceptors (Lipinski definition) is 3. The van der Waals surface area contributed by atoms with Gasteiger partial charge in [-0.1, -0.05) is 0 Å². The predicted molar refractivity (Wildman–Crippen MR) is 66.4 cm³/mol. The van der Waals surface area contributed by atoms with Crippen LogP contribution in [-0.2, 0) is 10.0 Å². The summed E-state index contributed by atoms with van der Waals surface area (Å²) in [6.07, 6.45) is -5.61. The summed E-state index contributed by atoms with van der Waals surface area (Å²) in [5, 5.41) is 2.81. The Kier molecular flexibility index (Phi) is 4.81. The third-order valence-corrected chi connectivity index (χ3v) is 3.95. The second-order valence-corrected chi connectivity index (χ2v) is 5.83. The van der Waals surface area contributed by atoms with Gasteiger partial charge in [-0.3, -0.25) is 0 Å². The summed E-state index contributed by atoms with van der Waals surface area (Å²) in [4.78, 5) is -0.0690. The van der Waals surface area contributed by atoms with Crippen LogP contribution in [-0.4, -0.2) is 27.7 Å². The van der Waals surface area contributed by atoms with Gasteiger partial charge < -0.3 is 5.32 Å². The van der Waals surface area contributed by atoms with Crippen molar-refractivity contribution in [1.82, 2.24) is 4.72 Å². The van der Waals surface area contributed by atoms with Gasteiger partial charge in [-0.2, -0.15) is 13.2 Å². The minimum Gasteiger partial charge on any atom is -0.388 e. The van der Waals surface area contributed by atoms with Gasteiger partial charge in [0.25, 0.3) is 0 Å². The first-order valence-corrected chi connectivity index (χ1v) is 6.99. The van der Waals surface area contributed by atoms with Gasteiger partial charge in [-0.15, -0.1) is 0 Å². The van der Waals surface area contributed by atoms with Gasteiger partial charge in [0.05, 0.1) is 11.3 Å². The summed E-state index contributed by atoms with van der Waals surface area (Å²) in [5.74, 6) is 0. The van der Waals surface area contributed by atoms with E-state index in [2.05, 4.69) is 5.32 Å². The van der Waals surface area contributed by atoms with Crippen molar-refractivity contribution in [3.05, 3.63) is 24.3 Å². The minimum absolute atomic E-state index is 0.0690. The third-order valence-electron chi connectivity index (χ3n) is 2.35. The summed E-state index contributed by atoms with van der Waals surface area (Å²) in [5.41, 5.74) is 0.710. The fourth-order valence-electron chi connectivity index (χ4n) is 1.52. The maximum Gasteiger partial charge on any atom is 0.390 e. The standard InChI is InChI=1S/C11H15F3N2O2S/c1-8(7-11(12,13)14)16-19(17,18)10-5-3-9(15-2)4-6-10/h3-6,8,15-16H,7H2,1-2H3. The molecule has 0 amide bonds. The van der Waals surface area contributed by atoms with E-state index in [0.29, 0.717) is 5.69 Å². The quantitative estimate of drug-likeness (QED) is 0.877. The van der Waals surface area contributed by atoms with E-state index in [-0.39, 0.29) is 4.90 Å². The molecule has 0 fully saturated rings. The number of hydrogen-bond donors (Lipinski definition) is 2. The highest BCUT2D eigenvalue weighted by molar-refractivity contribution is 7.89. The largest absolute Gasteiger partial charge is 0.390 e. The number of anilines is 1. The highest BCUT2D eigenvalue weighted by atomic mass is 32.2. The maximum atomic E-state index is 12.1. The Morgan fingerprint density at radius 3 is 2.16 bits per heavy atom. The lowest BCUT2D eigenvalue weighted by atomic mass is 10.2. The lowest BCUT2D eigenvalue weighted by molar-refractivity contribution is -0.137. The fourth-order valence-corrected chi connectivity index (χ4v) is 2.77. The number of sulfonamides is 1. The zero-order valence-electron chi connectivity index (χ0n) is 10.5. The fraction of sp³-hybridized carbons (Fsp3) is 0.455. The Bertz CT molecular complexity index is 512. The zero-order chi connectivity index (χ0) is 14.7. The molecule has 1 atom stereocenters. The molecule has 2 N–H and O–H groups in total. The first kappa shape index (κ1) is 15.8. The van der Waals surface area contributed by atoms with Crippen molar-refractivity contribution in [2.75, 3.05) is 12.4 Å². The van der Waals surface area contributed by atoms with E-state index >= 15 is 0 Å². The van der Waals surface area contributed by atoms with Crippen LogP contribution in [0.2, 0.25) is 0 Å². The smallest absolute Gasteiger partial charge is 0.388 e. The zero-order valence-corrected chi connectivity index (χ0v) is 11.3. The first-order valence-electron chi connectivity index (χ1n) is 5.51. The van der Waals surface area contributed by atoms with Gasteiger partial charge >= 0.3 is 6.18 Å². The highest BCUT2D eigenvalue weighted by Gasteiger charge is 2.31. The number of rotatable bonds is 5. The monoisotopic (exact) mass is 296 g/mol. The van der Waals surface area contributed by atoms with Crippen LogP contribution in [0.5, 0.6) is 0 Å². The Balaban J connectivity index is 2.80. The van der Waals surface area contributed by atoms with Gasteiger partial charge in [0, 0.05) is 18.8 Å². The van der Waals surface area contributed by atoms with E-state index < -0.39 is 28.7 Å². The molecule has 0 aromatic heterocycles. The van der Waals surface area contributed by atoms with E-state index in [0.717, 1.165) is 0 Å². The molecule has 0 aliphatic carbocycles. The summed E-state index contributed by atoms with van der Waals surface area (Å²) >= 11 is 0. The SMILES string of the molecule is CNc1ccc(S(=O)(=O)NC(C)CC(F)(F)F)cc1. The Hall–Kier alpha value is -1.28. The van der Waals surface area contributed by atoms with Gasteiger partial charge in [0.2, 0.25) is 10.0 Å². The minimum atomic E-state index is -4.40. The van der Waals surface area contributed by atoms with Crippen LogP contribution < -0.4 is 10.0 Å². The summed E-state index contributed by atoms with van der Waals surface area (Å²) < 4.78 is 62.1. The topological polar surface area (TPSA) is 58.2 Å². The van der Waals surface area contributed by atoms with Crippen LogP contribution in [0.1, 0.15) is 13.3 Å². The normalized spacial score (nSPS) is 14.2. The van der Waals surface area contributed by atoms with Crippen molar-refractivity contribution in [2.24, 2.45) is 0 Å². The molecule has 0 radical (unpaired) electrons. The summed E-state index contributed by atoms with van der Waals surface area (Å²) in [7, 11) is -2.26. The Morgan fingerprint density at radius 1 is 1.21 bits per heavy atom. The third kappa shape index (κ3) is 5.07. The number of benzene rings is 1. The first-order chi connectivity index (χ1) is 8.64. The molecular weight excluding hydrogens is 281 g/mol. The highest BCUT2D eigenvalue weighted by Crippen LogP contribution is 2.22. The molecule has 1 rings (SSSR count). The van der Waals surface area contributed by atoms with Gasteiger partial charge in [0.1, 0.15) is 0 Å².